The van der Waals surface area contributed by atoms with Crippen LogP contribution in [0, 0.1) is 0 Å². The molecule has 5 heteroatoms. The van der Waals surface area contributed by atoms with Gasteiger partial charge in [-0.3, -0.25) is 4.79 Å². The molecule has 0 aliphatic heterocycles. The van der Waals surface area contributed by atoms with Crippen molar-refractivity contribution in [2.75, 3.05) is 21.3 Å². The molecule has 0 spiro atoms. The fraction of sp³-hybridized carbons (Fsp3) is 0.286. The average molecular weight is 356 g/mol. The Kier molecular flexibility index (Phi) is 7.09. The zero-order valence-corrected chi connectivity index (χ0v) is 15.3. The summed E-state index contributed by atoms with van der Waals surface area (Å²) in [5.74, 6) is 1.31. The number of carbonyl (C=O) groups excluding carboxylic acids is 1. The van der Waals surface area contributed by atoms with Gasteiger partial charge >= 0.3 is 5.97 Å². The molecule has 0 atom stereocenters. The van der Waals surface area contributed by atoms with Gasteiger partial charge in [0, 0.05) is 12.0 Å². The first-order valence-electron chi connectivity index (χ1n) is 8.36. The largest absolute Gasteiger partial charge is 0.507 e. The van der Waals surface area contributed by atoms with E-state index >= 15 is 0 Å². The zero-order valence-electron chi connectivity index (χ0n) is 15.3. The van der Waals surface area contributed by atoms with Gasteiger partial charge in [-0.15, -0.1) is 0 Å². The van der Waals surface area contributed by atoms with Crippen molar-refractivity contribution in [1.29, 1.82) is 0 Å². The number of hydrogen-bond donors (Lipinski definition) is 1. The van der Waals surface area contributed by atoms with Crippen LogP contribution in [-0.2, 0) is 16.0 Å². The Balaban J connectivity index is 2.11. The first-order valence-corrected chi connectivity index (χ1v) is 8.36. The molecule has 0 aromatic heterocycles. The molecule has 0 amide bonds. The van der Waals surface area contributed by atoms with Crippen LogP contribution in [0.3, 0.4) is 0 Å². The van der Waals surface area contributed by atoms with E-state index in [0.29, 0.717) is 24.3 Å². The molecule has 26 heavy (non-hydrogen) atoms. The molecule has 0 heterocycles. The average Bonchev–Trinajstić information content (AvgIpc) is 2.67. The van der Waals surface area contributed by atoms with Gasteiger partial charge in [-0.05, 0) is 48.2 Å². The molecule has 2 rings (SSSR count). The number of phenols is 1. The van der Waals surface area contributed by atoms with Crippen LogP contribution in [0.4, 0.5) is 0 Å². The summed E-state index contributed by atoms with van der Waals surface area (Å²) in [5, 5.41) is 10.1. The van der Waals surface area contributed by atoms with Crippen LogP contribution in [0.5, 0.6) is 17.2 Å². The minimum Gasteiger partial charge on any atom is -0.507 e. The van der Waals surface area contributed by atoms with Gasteiger partial charge in [0.25, 0.3) is 0 Å². The third-order valence-corrected chi connectivity index (χ3v) is 4.03. The van der Waals surface area contributed by atoms with Crippen LogP contribution in [0.15, 0.2) is 36.4 Å². The molecule has 138 valence electrons. The van der Waals surface area contributed by atoms with Gasteiger partial charge in [0.2, 0.25) is 0 Å². The first-order chi connectivity index (χ1) is 12.6. The molecule has 0 bridgehead atoms. The Bertz CT molecular complexity index is 780. The fourth-order valence-electron chi connectivity index (χ4n) is 2.57. The highest BCUT2D eigenvalue weighted by molar-refractivity contribution is 5.74. The summed E-state index contributed by atoms with van der Waals surface area (Å²) < 4.78 is 15.2. The lowest BCUT2D eigenvalue weighted by Gasteiger charge is -2.08. The van der Waals surface area contributed by atoms with Crippen molar-refractivity contribution >= 4 is 18.1 Å². The van der Waals surface area contributed by atoms with E-state index < -0.39 is 0 Å². The number of benzene rings is 2. The quantitative estimate of drug-likeness (QED) is 0.570. The first kappa shape index (κ1) is 19.4. The highest BCUT2D eigenvalue weighted by atomic mass is 16.5. The summed E-state index contributed by atoms with van der Waals surface area (Å²) in [6.07, 6.45) is 5.58. The van der Waals surface area contributed by atoms with Crippen LogP contribution < -0.4 is 9.47 Å². The fourth-order valence-corrected chi connectivity index (χ4v) is 2.57. The van der Waals surface area contributed by atoms with Crippen LogP contribution in [0.25, 0.3) is 12.2 Å². The topological polar surface area (TPSA) is 65.0 Å². The smallest absolute Gasteiger partial charge is 0.305 e. The van der Waals surface area contributed by atoms with Gasteiger partial charge in [0.1, 0.15) is 5.75 Å². The van der Waals surface area contributed by atoms with Crippen molar-refractivity contribution in [2.24, 2.45) is 0 Å². The minimum absolute atomic E-state index is 0.207. The molecular formula is C21H24O5. The van der Waals surface area contributed by atoms with E-state index in [2.05, 4.69) is 4.74 Å². The summed E-state index contributed by atoms with van der Waals surface area (Å²) in [6.45, 7) is 0. The third kappa shape index (κ3) is 5.28. The maximum absolute atomic E-state index is 11.2. The number of methoxy groups -OCH3 is 3. The predicted molar refractivity (Wildman–Crippen MR) is 102 cm³/mol. The number of carbonyl (C=O) groups is 1. The molecule has 0 aliphatic rings. The van der Waals surface area contributed by atoms with Crippen molar-refractivity contribution in [1.82, 2.24) is 0 Å². The van der Waals surface area contributed by atoms with E-state index in [1.54, 1.807) is 20.3 Å². The Morgan fingerprint density at radius 3 is 2.46 bits per heavy atom. The zero-order chi connectivity index (χ0) is 18.9. The lowest BCUT2D eigenvalue weighted by Crippen LogP contribution is -2.00. The summed E-state index contributed by atoms with van der Waals surface area (Å²) in [6, 6.07) is 11.1. The van der Waals surface area contributed by atoms with Gasteiger partial charge < -0.3 is 19.3 Å². The molecule has 0 aliphatic carbocycles. The summed E-state index contributed by atoms with van der Waals surface area (Å²) >= 11 is 0. The van der Waals surface area contributed by atoms with Gasteiger partial charge in [0.05, 0.1) is 21.3 Å². The molecule has 2 aromatic rings. The van der Waals surface area contributed by atoms with Crippen molar-refractivity contribution in [3.8, 4) is 17.2 Å². The maximum atomic E-state index is 11.2. The Labute approximate surface area is 153 Å². The molecule has 5 nitrogen and oxygen atoms in total. The molecule has 0 fully saturated rings. The van der Waals surface area contributed by atoms with E-state index in [1.807, 2.05) is 42.5 Å². The second kappa shape index (κ2) is 9.51. The van der Waals surface area contributed by atoms with E-state index in [0.717, 1.165) is 23.1 Å². The SMILES string of the molecule is COC(=O)CCCc1ccc(O)c(C=Cc2ccc(OC)c(OC)c2)c1. The third-order valence-electron chi connectivity index (χ3n) is 4.03. The number of phenolic OH excluding ortho intramolecular Hbond substituents is 1. The molecule has 0 unspecified atom stereocenters. The van der Waals surface area contributed by atoms with Crippen LogP contribution in [0.2, 0.25) is 0 Å². The second-order valence-corrected chi connectivity index (χ2v) is 5.77. The summed E-state index contributed by atoms with van der Waals surface area (Å²) in [5.41, 5.74) is 2.70. The minimum atomic E-state index is -0.211. The predicted octanol–water partition coefficient (Wildman–Crippen LogP) is 4.08. The monoisotopic (exact) mass is 356 g/mol. The normalized spacial score (nSPS) is 10.7. The van der Waals surface area contributed by atoms with E-state index in [-0.39, 0.29) is 11.7 Å². The highest BCUT2D eigenvalue weighted by Crippen LogP contribution is 2.29. The van der Waals surface area contributed by atoms with Gasteiger partial charge in [-0.1, -0.05) is 24.3 Å². The molecule has 1 N–H and O–H groups in total. The standard InChI is InChI=1S/C21H24O5/c1-24-19-12-9-16(14-20(19)25-2)7-10-17-13-15(8-11-18(17)22)5-4-6-21(23)26-3/h7-14,22H,4-6H2,1-3H3. The number of aryl methyl sites for hydroxylation is 1. The van der Waals surface area contributed by atoms with Gasteiger partial charge in [-0.2, -0.15) is 0 Å². The number of aromatic hydroxyl groups is 1. The van der Waals surface area contributed by atoms with Gasteiger partial charge in [-0.25, -0.2) is 0 Å². The van der Waals surface area contributed by atoms with Crippen molar-refractivity contribution in [2.45, 2.75) is 19.3 Å². The van der Waals surface area contributed by atoms with Crippen molar-refractivity contribution in [3.05, 3.63) is 53.1 Å². The maximum Gasteiger partial charge on any atom is 0.305 e. The number of ether oxygens (including phenoxy) is 3. The summed E-state index contributed by atoms with van der Waals surface area (Å²) in [4.78, 5) is 11.2. The van der Waals surface area contributed by atoms with Crippen LogP contribution >= 0.6 is 0 Å². The lowest BCUT2D eigenvalue weighted by molar-refractivity contribution is -0.140. The van der Waals surface area contributed by atoms with Crippen molar-refractivity contribution in [3.63, 3.8) is 0 Å². The van der Waals surface area contributed by atoms with E-state index in [1.165, 1.54) is 7.11 Å². The Morgan fingerprint density at radius 1 is 1.00 bits per heavy atom. The van der Waals surface area contributed by atoms with Crippen LogP contribution in [0.1, 0.15) is 29.5 Å². The molecule has 0 saturated heterocycles. The Morgan fingerprint density at radius 2 is 1.77 bits per heavy atom. The number of rotatable bonds is 8. The van der Waals surface area contributed by atoms with Crippen LogP contribution in [-0.4, -0.2) is 32.4 Å². The summed E-state index contributed by atoms with van der Waals surface area (Å²) in [7, 11) is 4.58. The second-order valence-electron chi connectivity index (χ2n) is 5.77. The number of esters is 1. The lowest BCUT2D eigenvalue weighted by atomic mass is 10.0. The van der Waals surface area contributed by atoms with E-state index in [9.17, 15) is 9.90 Å². The number of hydrogen-bond acceptors (Lipinski definition) is 5. The molecular weight excluding hydrogens is 332 g/mol. The van der Waals surface area contributed by atoms with Crippen molar-refractivity contribution < 1.29 is 24.1 Å². The highest BCUT2D eigenvalue weighted by Gasteiger charge is 2.05. The van der Waals surface area contributed by atoms with Gasteiger partial charge in [0.15, 0.2) is 11.5 Å². The van der Waals surface area contributed by atoms with E-state index in [4.69, 9.17) is 9.47 Å². The molecule has 2 aromatic carbocycles. The Hall–Kier alpha value is -2.95. The molecule has 0 saturated carbocycles. The molecule has 0 radical (unpaired) electrons.